The zero-order chi connectivity index (χ0) is 12.4. The van der Waals surface area contributed by atoms with Crippen LogP contribution < -0.4 is 0 Å². The molecule has 0 heterocycles. The summed E-state index contributed by atoms with van der Waals surface area (Å²) in [4.78, 5) is 0. The SMILES string of the molecule is CC(C)(C)c1cccc2c1C(C)(C)C2(C)C. The van der Waals surface area contributed by atoms with Crippen LogP contribution in [0.5, 0.6) is 0 Å². The smallest absolute Gasteiger partial charge is 0.000607 e. The average Bonchev–Trinajstić information content (AvgIpc) is 2.15. The molecule has 1 aromatic rings. The van der Waals surface area contributed by atoms with Gasteiger partial charge in [0.1, 0.15) is 0 Å². The molecule has 2 rings (SSSR count). The second-order valence-corrected chi connectivity index (χ2v) is 7.23. The first-order chi connectivity index (χ1) is 7.10. The molecule has 0 aromatic heterocycles. The van der Waals surface area contributed by atoms with Crippen molar-refractivity contribution in [3.63, 3.8) is 0 Å². The second-order valence-electron chi connectivity index (χ2n) is 7.23. The summed E-state index contributed by atoms with van der Waals surface area (Å²) >= 11 is 0. The summed E-state index contributed by atoms with van der Waals surface area (Å²) in [5.74, 6) is 0. The van der Waals surface area contributed by atoms with Gasteiger partial charge in [0, 0.05) is 0 Å². The third-order valence-electron chi connectivity index (χ3n) is 4.73. The molecule has 0 fully saturated rings. The summed E-state index contributed by atoms with van der Waals surface area (Å²) in [6.07, 6.45) is 0. The van der Waals surface area contributed by atoms with E-state index in [0.29, 0.717) is 10.8 Å². The molecule has 88 valence electrons. The molecule has 0 atom stereocenters. The highest BCUT2D eigenvalue weighted by atomic mass is 14.6. The maximum atomic E-state index is 2.38. The van der Waals surface area contributed by atoms with Gasteiger partial charge in [-0.1, -0.05) is 66.7 Å². The van der Waals surface area contributed by atoms with E-state index < -0.39 is 0 Å². The zero-order valence-electron chi connectivity index (χ0n) is 11.7. The van der Waals surface area contributed by atoms with Gasteiger partial charge in [0.15, 0.2) is 0 Å². The minimum atomic E-state index is 0.249. The first-order valence-corrected chi connectivity index (χ1v) is 6.24. The highest BCUT2D eigenvalue weighted by Crippen LogP contribution is 2.58. The van der Waals surface area contributed by atoms with Crippen molar-refractivity contribution in [3.8, 4) is 0 Å². The van der Waals surface area contributed by atoms with Crippen LogP contribution in [0.2, 0.25) is 0 Å². The van der Waals surface area contributed by atoms with E-state index in [9.17, 15) is 0 Å². The van der Waals surface area contributed by atoms with E-state index in [2.05, 4.69) is 66.7 Å². The molecule has 0 radical (unpaired) electrons. The van der Waals surface area contributed by atoms with Crippen LogP contribution in [0.4, 0.5) is 0 Å². The summed E-state index contributed by atoms with van der Waals surface area (Å²) in [7, 11) is 0. The lowest BCUT2D eigenvalue weighted by molar-refractivity contribution is 0.236. The summed E-state index contributed by atoms with van der Waals surface area (Å²) < 4.78 is 0. The summed E-state index contributed by atoms with van der Waals surface area (Å²) in [6, 6.07) is 6.82. The number of hydrogen-bond acceptors (Lipinski definition) is 0. The Morgan fingerprint density at radius 2 is 1.44 bits per heavy atom. The monoisotopic (exact) mass is 216 g/mol. The normalized spacial score (nSPS) is 21.2. The largest absolute Gasteiger partial charge is 0.0617 e. The fourth-order valence-corrected chi connectivity index (χ4v) is 2.96. The molecule has 1 aliphatic carbocycles. The number of benzene rings is 1. The van der Waals surface area contributed by atoms with Crippen LogP contribution in [-0.2, 0) is 16.2 Å². The molecular weight excluding hydrogens is 192 g/mol. The van der Waals surface area contributed by atoms with Gasteiger partial charge in [-0.25, -0.2) is 0 Å². The molecule has 0 unspecified atom stereocenters. The van der Waals surface area contributed by atoms with Crippen molar-refractivity contribution in [2.75, 3.05) is 0 Å². The molecule has 0 N–H and O–H groups in total. The molecule has 0 aliphatic heterocycles. The van der Waals surface area contributed by atoms with Crippen molar-refractivity contribution in [1.82, 2.24) is 0 Å². The minimum absolute atomic E-state index is 0.249. The van der Waals surface area contributed by atoms with E-state index in [-0.39, 0.29) is 5.41 Å². The Morgan fingerprint density at radius 1 is 0.875 bits per heavy atom. The lowest BCUT2D eigenvalue weighted by Gasteiger charge is -2.56. The molecule has 0 bridgehead atoms. The van der Waals surface area contributed by atoms with Crippen molar-refractivity contribution >= 4 is 0 Å². The zero-order valence-corrected chi connectivity index (χ0v) is 11.7. The first kappa shape index (κ1) is 11.7. The van der Waals surface area contributed by atoms with Gasteiger partial charge >= 0.3 is 0 Å². The summed E-state index contributed by atoms with van der Waals surface area (Å²) in [5, 5.41) is 0. The summed E-state index contributed by atoms with van der Waals surface area (Å²) in [5.41, 5.74) is 5.52. The van der Waals surface area contributed by atoms with Crippen LogP contribution in [0.1, 0.15) is 65.2 Å². The minimum Gasteiger partial charge on any atom is -0.0617 e. The molecular formula is C16H24. The third-order valence-corrected chi connectivity index (χ3v) is 4.73. The molecule has 0 saturated heterocycles. The predicted molar refractivity (Wildman–Crippen MR) is 71.2 cm³/mol. The molecule has 1 aliphatic rings. The molecule has 0 saturated carbocycles. The number of hydrogen-bond donors (Lipinski definition) is 0. The van der Waals surface area contributed by atoms with Gasteiger partial charge in [0.25, 0.3) is 0 Å². The highest BCUT2D eigenvalue weighted by molar-refractivity contribution is 5.58. The van der Waals surface area contributed by atoms with Crippen molar-refractivity contribution in [2.24, 2.45) is 0 Å². The summed E-state index contributed by atoms with van der Waals surface area (Å²) in [6.45, 7) is 16.4. The van der Waals surface area contributed by atoms with E-state index in [1.165, 1.54) is 5.56 Å². The quantitative estimate of drug-likeness (QED) is 0.596. The Bertz CT molecular complexity index is 428. The number of rotatable bonds is 0. The standard InChI is InChI=1S/C16H24/c1-14(2,3)11-9-8-10-12-13(11)16(6,7)15(12,4)5/h8-10H,1-7H3. The molecule has 0 heteroatoms. The van der Waals surface area contributed by atoms with Crippen molar-refractivity contribution in [3.05, 3.63) is 34.9 Å². The van der Waals surface area contributed by atoms with Crippen LogP contribution in [0.25, 0.3) is 0 Å². The Balaban J connectivity index is 2.70. The van der Waals surface area contributed by atoms with E-state index in [1.54, 1.807) is 11.1 Å². The van der Waals surface area contributed by atoms with E-state index >= 15 is 0 Å². The maximum Gasteiger partial charge on any atom is -0.000607 e. The molecule has 0 nitrogen and oxygen atoms in total. The van der Waals surface area contributed by atoms with Gasteiger partial charge in [-0.05, 0) is 32.9 Å². The Kier molecular flexibility index (Phi) is 2.13. The first-order valence-electron chi connectivity index (χ1n) is 6.24. The van der Waals surface area contributed by atoms with Crippen LogP contribution in [0.15, 0.2) is 18.2 Å². The van der Waals surface area contributed by atoms with Crippen LogP contribution in [0, 0.1) is 0 Å². The van der Waals surface area contributed by atoms with Gasteiger partial charge in [0.2, 0.25) is 0 Å². The van der Waals surface area contributed by atoms with Crippen LogP contribution in [0.3, 0.4) is 0 Å². The lowest BCUT2D eigenvalue weighted by Crippen LogP contribution is -2.52. The Labute approximate surface area is 100 Å². The molecule has 0 amide bonds. The van der Waals surface area contributed by atoms with Crippen LogP contribution >= 0.6 is 0 Å². The van der Waals surface area contributed by atoms with E-state index in [4.69, 9.17) is 0 Å². The van der Waals surface area contributed by atoms with Crippen molar-refractivity contribution < 1.29 is 0 Å². The van der Waals surface area contributed by atoms with E-state index in [0.717, 1.165) is 0 Å². The molecule has 1 aromatic carbocycles. The van der Waals surface area contributed by atoms with Gasteiger partial charge < -0.3 is 0 Å². The van der Waals surface area contributed by atoms with Crippen molar-refractivity contribution in [2.45, 2.75) is 64.7 Å². The molecule has 0 spiro atoms. The Hall–Kier alpha value is -0.780. The number of fused-ring (bicyclic) bond motifs is 1. The predicted octanol–water partition coefficient (Wildman–Crippen LogP) is 4.55. The van der Waals surface area contributed by atoms with Gasteiger partial charge in [0.05, 0.1) is 0 Å². The fraction of sp³-hybridized carbons (Fsp3) is 0.625. The third kappa shape index (κ3) is 1.22. The lowest BCUT2D eigenvalue weighted by atomic mass is 9.47. The van der Waals surface area contributed by atoms with Crippen LogP contribution in [-0.4, -0.2) is 0 Å². The van der Waals surface area contributed by atoms with Gasteiger partial charge in [-0.2, -0.15) is 0 Å². The van der Waals surface area contributed by atoms with Gasteiger partial charge in [-0.15, -0.1) is 0 Å². The highest BCUT2D eigenvalue weighted by Gasteiger charge is 2.52. The second kappa shape index (κ2) is 2.91. The molecule has 16 heavy (non-hydrogen) atoms. The van der Waals surface area contributed by atoms with Gasteiger partial charge in [-0.3, -0.25) is 0 Å². The Morgan fingerprint density at radius 3 is 1.94 bits per heavy atom. The average molecular weight is 216 g/mol. The van der Waals surface area contributed by atoms with E-state index in [1.807, 2.05) is 0 Å². The topological polar surface area (TPSA) is 0 Å². The fourth-order valence-electron chi connectivity index (χ4n) is 2.96. The van der Waals surface area contributed by atoms with Crippen molar-refractivity contribution in [1.29, 1.82) is 0 Å². The maximum absolute atomic E-state index is 2.38.